The number of aryl methyl sites for hydroxylation is 1. The predicted molar refractivity (Wildman–Crippen MR) is 138 cm³/mol. The van der Waals surface area contributed by atoms with E-state index in [0.717, 1.165) is 16.7 Å². The summed E-state index contributed by atoms with van der Waals surface area (Å²) in [4.78, 5) is 48.6. The average molecular weight is 575 g/mol. The zero-order chi connectivity index (χ0) is 28.4. The maximum atomic E-state index is 13.9. The Balaban J connectivity index is 1.30. The number of halogens is 3. The minimum absolute atomic E-state index is 0.0168. The molecule has 1 atom stereocenters. The van der Waals surface area contributed by atoms with Gasteiger partial charge in [-0.2, -0.15) is 0 Å². The van der Waals surface area contributed by atoms with Crippen molar-refractivity contribution in [2.75, 3.05) is 19.8 Å². The van der Waals surface area contributed by atoms with E-state index in [0.29, 0.717) is 37.3 Å². The van der Waals surface area contributed by atoms with Crippen molar-refractivity contribution < 1.29 is 32.7 Å². The van der Waals surface area contributed by atoms with Crippen LogP contribution in [0.4, 0.5) is 8.78 Å². The summed E-state index contributed by atoms with van der Waals surface area (Å²) in [5.41, 5.74) is 0.553. The van der Waals surface area contributed by atoms with Crippen LogP contribution < -0.4 is 15.6 Å². The number of amides is 2. The lowest BCUT2D eigenvalue weighted by atomic mass is 10.1. The molecule has 3 aromatic rings. The van der Waals surface area contributed by atoms with Gasteiger partial charge in [-0.3, -0.25) is 23.8 Å². The number of nitrogens with one attached hydrogen (secondary N) is 1. The Morgan fingerprint density at radius 3 is 2.70 bits per heavy atom. The summed E-state index contributed by atoms with van der Waals surface area (Å²) in [6.45, 7) is 2.51. The van der Waals surface area contributed by atoms with E-state index in [1.807, 2.05) is 0 Å². The van der Waals surface area contributed by atoms with E-state index in [9.17, 15) is 23.2 Å². The Bertz CT molecular complexity index is 1510. The number of nitrogens with zero attached hydrogens (tertiary/aromatic N) is 3. The van der Waals surface area contributed by atoms with Gasteiger partial charge in [0.05, 0.1) is 11.7 Å². The molecule has 10 nitrogen and oxygen atoms in total. The Hall–Kier alpha value is -3.87. The highest BCUT2D eigenvalue weighted by Gasteiger charge is 2.39. The first kappa shape index (κ1) is 27.7. The maximum Gasteiger partial charge on any atom is 0.280 e. The number of carbonyl (C=O) groups is 2. The van der Waals surface area contributed by atoms with Crippen molar-refractivity contribution >= 4 is 23.4 Å². The largest absolute Gasteiger partial charge is 0.471 e. The van der Waals surface area contributed by atoms with Gasteiger partial charge in [0.1, 0.15) is 37.2 Å². The highest BCUT2D eigenvalue weighted by Crippen LogP contribution is 2.23. The second kappa shape index (κ2) is 11.7. The number of carbonyl (C=O) groups excluding carboxylic acids is 2. The van der Waals surface area contributed by atoms with E-state index in [-0.39, 0.29) is 47.2 Å². The van der Waals surface area contributed by atoms with Crippen molar-refractivity contribution in [2.24, 2.45) is 0 Å². The molecular weight excluding hydrogens is 550 g/mol. The highest BCUT2D eigenvalue weighted by atomic mass is 35.5. The van der Waals surface area contributed by atoms with E-state index in [2.05, 4.69) is 10.3 Å². The minimum Gasteiger partial charge on any atom is -0.471 e. The van der Waals surface area contributed by atoms with Gasteiger partial charge in [0.2, 0.25) is 5.88 Å². The summed E-state index contributed by atoms with van der Waals surface area (Å²) in [6, 6.07) is 6.77. The highest BCUT2D eigenvalue weighted by molar-refractivity contribution is 6.31. The van der Waals surface area contributed by atoms with Crippen LogP contribution in [0.3, 0.4) is 0 Å². The molecule has 2 aliphatic heterocycles. The first-order chi connectivity index (χ1) is 19.2. The molecule has 210 valence electrons. The molecule has 0 spiro atoms. The van der Waals surface area contributed by atoms with Gasteiger partial charge in [-0.1, -0.05) is 17.7 Å². The number of hydroxylamine groups is 2. The lowest BCUT2D eigenvalue weighted by Gasteiger charge is -2.29. The summed E-state index contributed by atoms with van der Waals surface area (Å²) >= 11 is 6.22. The van der Waals surface area contributed by atoms with Crippen molar-refractivity contribution in [3.8, 4) is 11.6 Å². The zero-order valence-electron chi connectivity index (χ0n) is 21.4. The van der Waals surface area contributed by atoms with Gasteiger partial charge in [0.25, 0.3) is 17.4 Å². The predicted octanol–water partition coefficient (Wildman–Crippen LogP) is 3.10. The SMILES string of the molecule is Cc1ccc(C(=O)NC2CON(C3CCOCC3)C2=O)cc1-n1cnc(OCc2ccc(F)cc2F)c(Cl)c1=O. The van der Waals surface area contributed by atoms with Crippen LogP contribution in [0.25, 0.3) is 5.69 Å². The molecular formula is C27H25ClF2N4O6. The summed E-state index contributed by atoms with van der Waals surface area (Å²) in [5.74, 6) is -2.61. The number of hydrogen-bond donors (Lipinski definition) is 1. The molecule has 1 N–H and O–H groups in total. The lowest BCUT2D eigenvalue weighted by Crippen LogP contribution is -2.46. The molecule has 2 saturated heterocycles. The van der Waals surface area contributed by atoms with Crippen LogP contribution in [0.2, 0.25) is 5.02 Å². The molecule has 0 aliphatic carbocycles. The molecule has 1 unspecified atom stereocenters. The molecule has 13 heteroatoms. The van der Waals surface area contributed by atoms with Gasteiger partial charge < -0.3 is 14.8 Å². The van der Waals surface area contributed by atoms with E-state index >= 15 is 0 Å². The fourth-order valence-electron chi connectivity index (χ4n) is 4.48. The van der Waals surface area contributed by atoms with Crippen LogP contribution in [0.1, 0.15) is 34.3 Å². The average Bonchev–Trinajstić information content (AvgIpc) is 3.31. The summed E-state index contributed by atoms with van der Waals surface area (Å²) in [6.07, 6.45) is 2.49. The van der Waals surface area contributed by atoms with E-state index < -0.39 is 29.1 Å². The molecule has 0 saturated carbocycles. The first-order valence-corrected chi connectivity index (χ1v) is 12.9. The molecule has 2 aromatic carbocycles. The van der Waals surface area contributed by atoms with Crippen molar-refractivity contribution in [2.45, 2.75) is 38.5 Å². The fraction of sp³-hybridized carbons (Fsp3) is 0.333. The lowest BCUT2D eigenvalue weighted by molar-refractivity contribution is -0.181. The Labute approximate surface area is 232 Å². The fourth-order valence-corrected chi connectivity index (χ4v) is 4.67. The van der Waals surface area contributed by atoms with E-state index in [1.54, 1.807) is 19.1 Å². The number of ether oxygens (including phenoxy) is 2. The van der Waals surface area contributed by atoms with Gasteiger partial charge in [-0.25, -0.2) is 18.8 Å². The van der Waals surface area contributed by atoms with Crippen LogP contribution >= 0.6 is 11.6 Å². The molecule has 1 aromatic heterocycles. The molecule has 40 heavy (non-hydrogen) atoms. The van der Waals surface area contributed by atoms with Gasteiger partial charge in [-0.15, -0.1) is 0 Å². The Morgan fingerprint density at radius 2 is 1.95 bits per heavy atom. The van der Waals surface area contributed by atoms with Crippen molar-refractivity contribution in [3.63, 3.8) is 0 Å². The van der Waals surface area contributed by atoms with Crippen LogP contribution in [-0.2, 0) is 21.0 Å². The van der Waals surface area contributed by atoms with Crippen LogP contribution in [0.15, 0.2) is 47.5 Å². The second-order valence-electron chi connectivity index (χ2n) is 9.39. The van der Waals surface area contributed by atoms with Crippen molar-refractivity contribution in [1.82, 2.24) is 19.9 Å². The van der Waals surface area contributed by atoms with Gasteiger partial charge >= 0.3 is 0 Å². The quantitative estimate of drug-likeness (QED) is 0.461. The molecule has 5 rings (SSSR count). The minimum atomic E-state index is -0.846. The molecule has 2 amide bonds. The second-order valence-corrected chi connectivity index (χ2v) is 9.77. The number of aromatic nitrogens is 2. The van der Waals surface area contributed by atoms with E-state index in [4.69, 9.17) is 25.9 Å². The molecule has 0 radical (unpaired) electrons. The van der Waals surface area contributed by atoms with Crippen molar-refractivity contribution in [3.05, 3.63) is 86.4 Å². The number of rotatable bonds is 7. The Kier molecular flexibility index (Phi) is 8.10. The summed E-state index contributed by atoms with van der Waals surface area (Å²) in [5, 5.41) is 3.67. The third-order valence-corrected chi connectivity index (χ3v) is 7.04. The van der Waals surface area contributed by atoms with Crippen LogP contribution in [0.5, 0.6) is 5.88 Å². The number of hydrogen-bond acceptors (Lipinski definition) is 7. The monoisotopic (exact) mass is 574 g/mol. The van der Waals surface area contributed by atoms with Crippen LogP contribution in [-0.4, -0.2) is 58.3 Å². The van der Waals surface area contributed by atoms with Gasteiger partial charge in [0.15, 0.2) is 5.02 Å². The topological polar surface area (TPSA) is 112 Å². The smallest absolute Gasteiger partial charge is 0.280 e. The molecule has 3 heterocycles. The summed E-state index contributed by atoms with van der Waals surface area (Å²) < 4.78 is 38.9. The Morgan fingerprint density at radius 1 is 1.18 bits per heavy atom. The van der Waals surface area contributed by atoms with Crippen molar-refractivity contribution in [1.29, 1.82) is 0 Å². The summed E-state index contributed by atoms with van der Waals surface area (Å²) in [7, 11) is 0. The molecule has 2 aliphatic rings. The van der Waals surface area contributed by atoms with Crippen LogP contribution in [0, 0.1) is 18.6 Å². The third-order valence-electron chi connectivity index (χ3n) is 6.72. The van der Waals surface area contributed by atoms with Gasteiger partial charge in [0, 0.05) is 30.4 Å². The van der Waals surface area contributed by atoms with Gasteiger partial charge in [-0.05, 0) is 49.6 Å². The normalized spacial score (nSPS) is 17.8. The van der Waals surface area contributed by atoms with E-state index in [1.165, 1.54) is 23.5 Å². The third kappa shape index (κ3) is 5.69. The molecule has 0 bridgehead atoms. The first-order valence-electron chi connectivity index (χ1n) is 12.5. The maximum absolute atomic E-state index is 13.9. The zero-order valence-corrected chi connectivity index (χ0v) is 22.1. The standard InChI is InChI=1S/C27H25ClF2N4O6/c1-15-2-3-16(24(35)32-21-13-40-34(26(21)36)19-6-8-38-9-7-19)10-22(15)33-14-31-25(23(28)27(33)37)39-12-17-4-5-18(29)11-20(17)30/h2-5,10-11,14,19,21H,6-9,12-13H2,1H3,(H,32,35). The molecule has 2 fully saturated rings. The number of benzene rings is 2.